The summed E-state index contributed by atoms with van der Waals surface area (Å²) >= 11 is -2.51. The molecule has 0 aliphatic carbocycles. The Morgan fingerprint density at radius 3 is 1.25 bits per heavy atom. The van der Waals surface area contributed by atoms with E-state index in [0.29, 0.717) is 0 Å². The van der Waals surface area contributed by atoms with Crippen LogP contribution in [0.5, 0.6) is 0 Å². The van der Waals surface area contributed by atoms with Gasteiger partial charge in [-0.25, -0.2) is 4.79 Å². The van der Waals surface area contributed by atoms with Gasteiger partial charge in [0.15, 0.2) is 0 Å². The van der Waals surface area contributed by atoms with Crippen LogP contribution in [0.25, 0.3) is 0 Å². The molecule has 0 atom stereocenters. The van der Waals surface area contributed by atoms with E-state index in [1.165, 1.54) is 0 Å². The molecule has 0 amide bonds. The van der Waals surface area contributed by atoms with Gasteiger partial charge in [-0.15, -0.1) is 0 Å². The van der Waals surface area contributed by atoms with Crippen molar-refractivity contribution >= 4 is 6.16 Å². The zero-order valence-electron chi connectivity index (χ0n) is 3.83. The molecule has 0 aromatic rings. The van der Waals surface area contributed by atoms with E-state index in [4.69, 9.17) is 19.5 Å². The van der Waals surface area contributed by atoms with E-state index in [1.54, 1.807) is 0 Å². The molecule has 0 unspecified atom stereocenters. The Kier molecular flexibility index (Phi) is 30.9. The fourth-order valence-electron chi connectivity index (χ4n) is 0. The maximum atomic E-state index is 8.58. The standard InChI is InChI=1S/CH2O3.H3N.2O.U/c2-1(3)4;;;;/h(H2,2,3,4);1H3;;;. The first-order chi connectivity index (χ1) is 3.15. The van der Waals surface area contributed by atoms with Crippen molar-refractivity contribution in [3.8, 4) is 0 Å². The Bertz CT molecular complexity index is 80.4. The number of carbonyl (C=O) groups is 1. The van der Waals surface area contributed by atoms with Gasteiger partial charge in [0.05, 0.1) is 0 Å². The molecule has 6 nitrogen and oxygen atoms in total. The summed E-state index contributed by atoms with van der Waals surface area (Å²) in [6.45, 7) is 0. The molecule has 0 aliphatic rings. The van der Waals surface area contributed by atoms with Crippen LogP contribution in [0.1, 0.15) is 0 Å². The first-order valence-corrected chi connectivity index (χ1v) is 4.46. The molecule has 0 rings (SSSR count). The van der Waals surface area contributed by atoms with Crippen LogP contribution in [-0.2, 0) is 4.47 Å². The van der Waals surface area contributed by atoms with Crippen LogP contribution in [-0.4, -0.2) is 16.4 Å². The quantitative estimate of drug-likeness (QED) is 0.571. The molecule has 48 valence electrons. The van der Waals surface area contributed by atoms with Crippen molar-refractivity contribution in [1.29, 1.82) is 0 Å². The normalized spacial score (nSPS) is 4.00. The van der Waals surface area contributed by atoms with Gasteiger partial charge >= 0.3 is 38.4 Å². The first kappa shape index (κ1) is 15.7. The van der Waals surface area contributed by atoms with Crippen molar-refractivity contribution in [2.75, 3.05) is 0 Å². The second kappa shape index (κ2) is 15.8. The fourth-order valence-corrected chi connectivity index (χ4v) is 0. The average Bonchev–Trinajstić information content (AvgIpc) is 1.33. The topological polar surface area (TPSA) is 127 Å². The molecule has 0 spiro atoms. The van der Waals surface area contributed by atoms with Crippen LogP contribution in [0.3, 0.4) is 0 Å². The van der Waals surface area contributed by atoms with Crippen molar-refractivity contribution in [3.63, 3.8) is 0 Å². The first-order valence-electron chi connectivity index (χ1n) is 1.06. The summed E-state index contributed by atoms with van der Waals surface area (Å²) in [6, 6.07) is 0. The number of rotatable bonds is 0. The SMILES string of the molecule is N.O=C(O)O.[O]=[U]=[O]. The third kappa shape index (κ3) is 10100. The Labute approximate surface area is 59.7 Å². The van der Waals surface area contributed by atoms with Crippen LogP contribution in [0.15, 0.2) is 0 Å². The molecule has 0 bridgehead atoms. The van der Waals surface area contributed by atoms with Gasteiger partial charge in [0.25, 0.3) is 0 Å². The fraction of sp³-hybridized carbons (Fsp3) is 0. The predicted octanol–water partition coefficient (Wildman–Crippen LogP) is 0.147. The van der Waals surface area contributed by atoms with Crippen molar-refractivity contribution in [2.24, 2.45) is 0 Å². The zero-order chi connectivity index (χ0) is 6.28. The third-order valence-corrected chi connectivity index (χ3v) is 0. The van der Waals surface area contributed by atoms with Gasteiger partial charge in [0.2, 0.25) is 0 Å². The van der Waals surface area contributed by atoms with Gasteiger partial charge < -0.3 is 16.4 Å². The van der Waals surface area contributed by atoms with Crippen LogP contribution < -0.4 is 6.15 Å². The van der Waals surface area contributed by atoms with Crippen molar-refractivity contribution < 1.29 is 47.3 Å². The third-order valence-electron chi connectivity index (χ3n) is 0. The van der Waals surface area contributed by atoms with Crippen LogP contribution in [0, 0.1) is 27.8 Å². The monoisotopic (exact) mass is 349 g/mol. The van der Waals surface area contributed by atoms with Gasteiger partial charge in [-0.1, -0.05) is 0 Å². The van der Waals surface area contributed by atoms with Crippen LogP contribution in [0.2, 0.25) is 0 Å². The van der Waals surface area contributed by atoms with E-state index < -0.39 is 34.0 Å². The molecule has 7 heteroatoms. The van der Waals surface area contributed by atoms with Gasteiger partial charge in [-0.2, -0.15) is 0 Å². The van der Waals surface area contributed by atoms with E-state index >= 15 is 0 Å². The molecule has 0 aliphatic heterocycles. The molecule has 0 saturated carbocycles. The average molecular weight is 349 g/mol. The second-order valence-electron chi connectivity index (χ2n) is 0.366. The van der Waals surface area contributed by atoms with Gasteiger partial charge in [-0.05, 0) is 0 Å². The molecule has 0 saturated heterocycles. The molecule has 0 heterocycles. The predicted molar refractivity (Wildman–Crippen MR) is 17.0 cm³/mol. The molecular formula is CH5NO5U. The van der Waals surface area contributed by atoms with E-state index in [0.717, 1.165) is 0 Å². The van der Waals surface area contributed by atoms with Crippen LogP contribution >= 0.6 is 0 Å². The summed E-state index contributed by atoms with van der Waals surface area (Å²) in [4.78, 5) is 8.56. The van der Waals surface area contributed by atoms with Crippen molar-refractivity contribution in [1.82, 2.24) is 6.15 Å². The Hall–Kier alpha value is -0.118. The second-order valence-corrected chi connectivity index (χ2v) is 1.06. The molecular weight excluding hydrogens is 344 g/mol. The Balaban J connectivity index is -0.0000000575. The summed E-state index contributed by atoms with van der Waals surface area (Å²) in [6.07, 6.45) is -1.83. The molecule has 0 fully saturated rings. The van der Waals surface area contributed by atoms with Gasteiger partial charge in [0, 0.05) is 0 Å². The summed E-state index contributed by atoms with van der Waals surface area (Å²) in [5.74, 6) is 0. The molecule has 0 aromatic heterocycles. The van der Waals surface area contributed by atoms with E-state index in [1.807, 2.05) is 0 Å². The van der Waals surface area contributed by atoms with Crippen molar-refractivity contribution in [2.45, 2.75) is 0 Å². The van der Waals surface area contributed by atoms with E-state index in [-0.39, 0.29) is 6.15 Å². The maximum absolute atomic E-state index is 8.58. The zero-order valence-corrected chi connectivity index (χ0v) is 7.99. The molecule has 5 N–H and O–H groups in total. The summed E-state index contributed by atoms with van der Waals surface area (Å²) in [7, 11) is 0. The molecule has 0 aromatic carbocycles. The molecule has 8 heavy (non-hydrogen) atoms. The minimum absolute atomic E-state index is 0. The van der Waals surface area contributed by atoms with Gasteiger partial charge in [-0.3, -0.25) is 0 Å². The Morgan fingerprint density at radius 2 is 1.25 bits per heavy atom. The van der Waals surface area contributed by atoms with E-state index in [2.05, 4.69) is 0 Å². The summed E-state index contributed by atoms with van der Waals surface area (Å²) in [5.41, 5.74) is 0. The minimum atomic E-state index is -2.51. The number of hydrogen-bond acceptors (Lipinski definition) is 4. The van der Waals surface area contributed by atoms with Crippen LogP contribution in [0.4, 0.5) is 4.79 Å². The summed E-state index contributed by atoms with van der Waals surface area (Å²) < 4.78 is 17.2. The number of carboxylic acid groups (broad SMARTS) is 2. The number of hydrogen-bond donors (Lipinski definition) is 3. The molecule has 0 radical (unpaired) electrons. The van der Waals surface area contributed by atoms with Crippen molar-refractivity contribution in [3.05, 3.63) is 0 Å². The van der Waals surface area contributed by atoms with Gasteiger partial charge in [0.1, 0.15) is 0 Å². The van der Waals surface area contributed by atoms with E-state index in [9.17, 15) is 0 Å². The Morgan fingerprint density at radius 1 is 1.25 bits per heavy atom. The summed E-state index contributed by atoms with van der Waals surface area (Å²) in [5, 5.41) is 13.9.